The predicted octanol–water partition coefficient (Wildman–Crippen LogP) is 4.01. The number of carboxylic acid groups (broad SMARTS) is 1. The van der Waals surface area contributed by atoms with Crippen LogP contribution in [0.1, 0.15) is 92.9 Å². The van der Waals surface area contributed by atoms with E-state index in [-0.39, 0.29) is 23.8 Å². The van der Waals surface area contributed by atoms with Crippen molar-refractivity contribution >= 4 is 17.8 Å². The van der Waals surface area contributed by atoms with Gasteiger partial charge in [0, 0.05) is 25.2 Å². The molecule has 0 aromatic rings. The molecule has 3 saturated heterocycles. The lowest BCUT2D eigenvalue weighted by molar-refractivity contribution is -0.160. The summed E-state index contributed by atoms with van der Waals surface area (Å²) in [5.41, 5.74) is -2.60. The molecule has 37 heavy (non-hydrogen) atoms. The topological polar surface area (TPSA) is 107 Å². The number of nitrogens with zero attached hydrogens (tertiary/aromatic N) is 2. The van der Waals surface area contributed by atoms with E-state index >= 15 is 0 Å². The lowest BCUT2D eigenvalue weighted by Crippen LogP contribution is -2.61. The van der Waals surface area contributed by atoms with E-state index in [0.29, 0.717) is 45.2 Å². The first-order valence-corrected chi connectivity index (χ1v) is 14.0. The second-order valence-electron chi connectivity index (χ2n) is 13.1. The van der Waals surface area contributed by atoms with Gasteiger partial charge in [0.05, 0.1) is 11.5 Å². The Morgan fingerprint density at radius 3 is 2.35 bits per heavy atom. The SMILES string of the molecule is C=CCN(C(=O)C1N(CCCCCCO)C(=O)[C@@H]2[C@@H](C(=O)O)[C@@]3(CC)CCC12O3)C(C)(C)CC(C)(C)C. The molecule has 0 aliphatic carbocycles. The first kappa shape index (κ1) is 29.6. The van der Waals surface area contributed by atoms with Gasteiger partial charge in [0.1, 0.15) is 17.6 Å². The minimum absolute atomic E-state index is 0.0368. The molecule has 8 heteroatoms. The molecular formula is C29H48N2O6. The van der Waals surface area contributed by atoms with Crippen LogP contribution in [0.4, 0.5) is 0 Å². The van der Waals surface area contributed by atoms with E-state index in [4.69, 9.17) is 9.84 Å². The lowest BCUT2D eigenvalue weighted by atomic mass is 9.65. The molecule has 2 amide bonds. The highest BCUT2D eigenvalue weighted by Gasteiger charge is 2.79. The number of aliphatic hydroxyl groups is 1. The first-order chi connectivity index (χ1) is 17.2. The fourth-order valence-electron chi connectivity index (χ4n) is 7.67. The van der Waals surface area contributed by atoms with Gasteiger partial charge in [-0.3, -0.25) is 14.4 Å². The summed E-state index contributed by atoms with van der Waals surface area (Å²) >= 11 is 0. The monoisotopic (exact) mass is 520 g/mol. The number of rotatable bonds is 13. The minimum atomic E-state index is -1.13. The van der Waals surface area contributed by atoms with Crippen LogP contribution in [-0.2, 0) is 19.1 Å². The number of fused-ring (bicyclic) bond motifs is 1. The number of likely N-dealkylation sites (tertiary alicyclic amines) is 1. The third-order valence-corrected chi connectivity index (χ3v) is 8.76. The van der Waals surface area contributed by atoms with Crippen molar-refractivity contribution < 1.29 is 29.3 Å². The third kappa shape index (κ3) is 5.20. The quantitative estimate of drug-likeness (QED) is 0.281. The van der Waals surface area contributed by atoms with Gasteiger partial charge in [-0.05, 0) is 57.8 Å². The minimum Gasteiger partial charge on any atom is -0.481 e. The molecular weight excluding hydrogens is 472 g/mol. The van der Waals surface area contributed by atoms with Crippen molar-refractivity contribution in [3.05, 3.63) is 12.7 Å². The molecule has 3 rings (SSSR count). The molecule has 3 aliphatic rings. The van der Waals surface area contributed by atoms with Crippen molar-refractivity contribution in [2.24, 2.45) is 17.3 Å². The Kier molecular flexibility index (Phi) is 8.55. The normalized spacial score (nSPS) is 31.1. The standard InChI is InChI=1S/C29H48N2O6/c1-8-16-31(27(6,7)19-26(3,4)5)24(34)22-29-15-14-28(9-2,37-29)21(25(35)36)20(29)23(33)30(22)17-12-10-11-13-18-32/h8,20-22,32H,1,9-19H2,2-7H3,(H,35,36)/t20-,21-,22?,28+,29?/m0/s1. The second kappa shape index (κ2) is 10.7. The summed E-state index contributed by atoms with van der Waals surface area (Å²) in [5.74, 6) is -3.28. The molecule has 0 aromatic carbocycles. The van der Waals surface area contributed by atoms with Crippen LogP contribution in [0.15, 0.2) is 12.7 Å². The maximum absolute atomic E-state index is 14.6. The smallest absolute Gasteiger partial charge is 0.310 e. The number of carbonyl (C=O) groups excluding carboxylic acids is 2. The summed E-state index contributed by atoms with van der Waals surface area (Å²) in [6.07, 6.45) is 7.01. The number of carboxylic acids is 1. The van der Waals surface area contributed by atoms with E-state index < -0.39 is 40.6 Å². The van der Waals surface area contributed by atoms with Crippen LogP contribution < -0.4 is 0 Å². The predicted molar refractivity (Wildman–Crippen MR) is 142 cm³/mol. The van der Waals surface area contributed by atoms with E-state index in [1.807, 2.05) is 25.7 Å². The number of amides is 2. The Hall–Kier alpha value is -1.93. The van der Waals surface area contributed by atoms with Gasteiger partial charge in [0.25, 0.3) is 0 Å². The highest BCUT2D eigenvalue weighted by Crippen LogP contribution is 2.64. The van der Waals surface area contributed by atoms with Gasteiger partial charge in [-0.1, -0.05) is 46.6 Å². The zero-order valence-corrected chi connectivity index (χ0v) is 23.7. The van der Waals surface area contributed by atoms with Gasteiger partial charge < -0.3 is 24.7 Å². The molecule has 8 nitrogen and oxygen atoms in total. The molecule has 2 bridgehead atoms. The average molecular weight is 521 g/mol. The van der Waals surface area contributed by atoms with Gasteiger partial charge in [-0.2, -0.15) is 0 Å². The Morgan fingerprint density at radius 2 is 1.81 bits per heavy atom. The second-order valence-corrected chi connectivity index (χ2v) is 13.1. The number of unbranched alkanes of at least 4 members (excludes halogenated alkanes) is 3. The van der Waals surface area contributed by atoms with Gasteiger partial charge in [-0.25, -0.2) is 0 Å². The molecule has 210 valence electrons. The Labute approximate surface area is 222 Å². The Morgan fingerprint density at radius 1 is 1.16 bits per heavy atom. The molecule has 5 atom stereocenters. The van der Waals surface area contributed by atoms with Crippen LogP contribution in [0.5, 0.6) is 0 Å². The summed E-state index contributed by atoms with van der Waals surface area (Å²) < 4.78 is 6.67. The van der Waals surface area contributed by atoms with Crippen LogP contribution in [0.25, 0.3) is 0 Å². The lowest BCUT2D eigenvalue weighted by Gasteiger charge is -2.45. The first-order valence-electron chi connectivity index (χ1n) is 14.0. The van der Waals surface area contributed by atoms with Gasteiger partial charge in [0.15, 0.2) is 0 Å². The number of aliphatic hydroxyl groups excluding tert-OH is 1. The summed E-state index contributed by atoms with van der Waals surface area (Å²) in [6.45, 7) is 17.2. The van der Waals surface area contributed by atoms with Crippen molar-refractivity contribution in [1.29, 1.82) is 0 Å². The number of carbonyl (C=O) groups is 3. The van der Waals surface area contributed by atoms with Crippen molar-refractivity contribution in [2.75, 3.05) is 19.7 Å². The summed E-state index contributed by atoms with van der Waals surface area (Å²) in [7, 11) is 0. The number of hydrogen-bond acceptors (Lipinski definition) is 5. The van der Waals surface area contributed by atoms with Crippen molar-refractivity contribution in [1.82, 2.24) is 9.80 Å². The van der Waals surface area contributed by atoms with Crippen molar-refractivity contribution in [3.8, 4) is 0 Å². The fraction of sp³-hybridized carbons (Fsp3) is 0.828. The van der Waals surface area contributed by atoms with Gasteiger partial charge in [0.2, 0.25) is 11.8 Å². The highest BCUT2D eigenvalue weighted by atomic mass is 16.5. The summed E-state index contributed by atoms with van der Waals surface area (Å²) in [6, 6.07) is -0.861. The molecule has 3 aliphatic heterocycles. The number of ether oxygens (including phenoxy) is 1. The molecule has 3 fully saturated rings. The van der Waals surface area contributed by atoms with Gasteiger partial charge in [-0.15, -0.1) is 6.58 Å². The van der Waals surface area contributed by atoms with Crippen LogP contribution in [0, 0.1) is 17.3 Å². The van der Waals surface area contributed by atoms with Crippen LogP contribution >= 0.6 is 0 Å². The Bertz CT molecular complexity index is 895. The number of aliphatic carboxylic acids is 1. The van der Waals surface area contributed by atoms with E-state index in [0.717, 1.165) is 19.3 Å². The molecule has 3 heterocycles. The Balaban J connectivity index is 2.05. The average Bonchev–Trinajstić information content (AvgIpc) is 3.39. The zero-order chi connectivity index (χ0) is 27.8. The molecule has 0 saturated carbocycles. The molecule has 0 aromatic heterocycles. The highest BCUT2D eigenvalue weighted by molar-refractivity contribution is 5.98. The summed E-state index contributed by atoms with van der Waals surface area (Å²) in [5, 5.41) is 19.4. The fourth-order valence-corrected chi connectivity index (χ4v) is 7.67. The van der Waals surface area contributed by atoms with E-state index in [1.165, 1.54) is 0 Å². The molecule has 2 unspecified atom stereocenters. The van der Waals surface area contributed by atoms with Crippen LogP contribution in [0.3, 0.4) is 0 Å². The zero-order valence-electron chi connectivity index (χ0n) is 23.7. The van der Waals surface area contributed by atoms with Crippen LogP contribution in [0.2, 0.25) is 0 Å². The molecule has 1 spiro atoms. The maximum Gasteiger partial charge on any atom is 0.310 e. The van der Waals surface area contributed by atoms with Crippen molar-refractivity contribution in [2.45, 2.75) is 116 Å². The van der Waals surface area contributed by atoms with Crippen LogP contribution in [-0.4, -0.2) is 80.3 Å². The molecule has 2 N–H and O–H groups in total. The van der Waals surface area contributed by atoms with E-state index in [2.05, 4.69) is 27.4 Å². The number of hydrogen-bond donors (Lipinski definition) is 2. The maximum atomic E-state index is 14.6. The third-order valence-electron chi connectivity index (χ3n) is 8.76. The largest absolute Gasteiger partial charge is 0.481 e. The molecule has 0 radical (unpaired) electrons. The van der Waals surface area contributed by atoms with Crippen molar-refractivity contribution in [3.63, 3.8) is 0 Å². The van der Waals surface area contributed by atoms with Gasteiger partial charge >= 0.3 is 5.97 Å². The summed E-state index contributed by atoms with van der Waals surface area (Å²) in [4.78, 5) is 44.5. The van der Waals surface area contributed by atoms with E-state index in [9.17, 15) is 19.5 Å². The van der Waals surface area contributed by atoms with E-state index in [1.54, 1.807) is 11.0 Å².